The molecule has 0 N–H and O–H groups in total. The number of rotatable bonds is 6. The van der Waals surface area contributed by atoms with Crippen LogP contribution in [-0.4, -0.2) is 25.6 Å². The van der Waals surface area contributed by atoms with Gasteiger partial charge < -0.3 is 9.33 Å². The first kappa shape index (κ1) is 21.8. The zero-order valence-corrected chi connectivity index (χ0v) is 19.6. The molecule has 3 rings (SSSR count). The third-order valence-electron chi connectivity index (χ3n) is 6.00. The van der Waals surface area contributed by atoms with Gasteiger partial charge in [0.05, 0.1) is 12.6 Å². The number of hydrogen-bond donors (Lipinski definition) is 0. The van der Waals surface area contributed by atoms with Gasteiger partial charge in [-0.3, -0.25) is 4.79 Å². The van der Waals surface area contributed by atoms with Crippen LogP contribution in [0.3, 0.4) is 0 Å². The molecule has 1 aliphatic rings. The van der Waals surface area contributed by atoms with Gasteiger partial charge in [-0.15, -0.1) is 11.6 Å². The summed E-state index contributed by atoms with van der Waals surface area (Å²) in [5.74, 6) is -0.0610. The molecule has 0 bridgehead atoms. The molecule has 1 fully saturated rings. The van der Waals surface area contributed by atoms with Gasteiger partial charge in [-0.25, -0.2) is 0 Å². The van der Waals surface area contributed by atoms with E-state index in [0.717, 1.165) is 16.8 Å². The van der Waals surface area contributed by atoms with Crippen molar-refractivity contribution < 1.29 is 9.22 Å². The van der Waals surface area contributed by atoms with E-state index in [2.05, 4.69) is 33.9 Å². The quantitative estimate of drug-likeness (QED) is 0.310. The van der Waals surface area contributed by atoms with Crippen molar-refractivity contribution in [1.82, 2.24) is 0 Å². The van der Waals surface area contributed by atoms with Crippen LogP contribution in [0.5, 0.6) is 0 Å². The Morgan fingerprint density at radius 3 is 2.34 bits per heavy atom. The number of hydrogen-bond acceptors (Lipinski definition) is 2. The van der Waals surface area contributed by atoms with Crippen molar-refractivity contribution in [3.8, 4) is 0 Å². The molecule has 0 saturated carbocycles. The lowest BCUT2D eigenvalue weighted by atomic mass is 9.97. The molecular weight excluding hydrogens is 398 g/mol. The fraction of sp³-hybridized carbons (Fsp3) is 0.375. The van der Waals surface area contributed by atoms with E-state index in [1.165, 1.54) is 0 Å². The lowest BCUT2D eigenvalue weighted by molar-refractivity contribution is -0.122. The highest BCUT2D eigenvalue weighted by molar-refractivity contribution is 6.74. The molecule has 2 aromatic rings. The summed E-state index contributed by atoms with van der Waals surface area (Å²) in [6.45, 7) is 11.7. The van der Waals surface area contributed by atoms with Crippen LogP contribution in [0.25, 0.3) is 6.08 Å². The minimum Gasteiger partial charge on any atom is -0.412 e. The molecular formula is C24H30ClNO2Si. The number of carbonyl (C=O) groups excluding carboxylic acids is 1. The highest BCUT2D eigenvalue weighted by Crippen LogP contribution is 2.39. The summed E-state index contributed by atoms with van der Waals surface area (Å²) >= 11 is 6.37. The van der Waals surface area contributed by atoms with E-state index in [9.17, 15) is 4.79 Å². The van der Waals surface area contributed by atoms with Crippen molar-refractivity contribution in [2.45, 2.75) is 56.9 Å². The summed E-state index contributed by atoms with van der Waals surface area (Å²) in [7, 11) is -1.89. The Hall–Kier alpha value is -1.88. The summed E-state index contributed by atoms with van der Waals surface area (Å²) in [5.41, 5.74) is 2.99. The number of β-lactam (4-membered cyclic amide) rings is 1. The molecule has 0 spiro atoms. The number of carbonyl (C=O) groups is 1. The van der Waals surface area contributed by atoms with Crippen LogP contribution in [0.4, 0.5) is 5.69 Å². The van der Waals surface area contributed by atoms with E-state index >= 15 is 0 Å². The highest BCUT2D eigenvalue weighted by Gasteiger charge is 2.46. The Morgan fingerprint density at radius 1 is 1.07 bits per heavy atom. The SMILES string of the molecule is CC(C)(C)[Si](C)(C)OCc1ccccc1N1C(=O)[C@H](Cl)[C@H]1/C=C/c1ccccc1. The average molecular weight is 428 g/mol. The predicted molar refractivity (Wildman–Crippen MR) is 125 cm³/mol. The molecule has 0 aromatic heterocycles. The average Bonchev–Trinajstić information content (AvgIpc) is 2.69. The fourth-order valence-electron chi connectivity index (χ4n) is 3.05. The molecule has 1 heterocycles. The molecule has 0 radical (unpaired) electrons. The van der Waals surface area contributed by atoms with E-state index in [1.54, 1.807) is 4.90 Å². The monoisotopic (exact) mass is 427 g/mol. The number of anilines is 1. The Morgan fingerprint density at radius 2 is 1.69 bits per heavy atom. The molecule has 5 heteroatoms. The molecule has 1 aliphatic heterocycles. The number of benzene rings is 2. The maximum absolute atomic E-state index is 12.6. The predicted octanol–water partition coefficient (Wildman–Crippen LogP) is 6.24. The molecule has 29 heavy (non-hydrogen) atoms. The molecule has 0 unspecified atom stereocenters. The zero-order valence-electron chi connectivity index (χ0n) is 17.9. The van der Waals surface area contributed by atoms with Crippen molar-refractivity contribution in [3.63, 3.8) is 0 Å². The summed E-state index contributed by atoms with van der Waals surface area (Å²) in [4.78, 5) is 14.4. The van der Waals surface area contributed by atoms with Crippen molar-refractivity contribution in [1.29, 1.82) is 0 Å². The first-order valence-corrected chi connectivity index (χ1v) is 13.4. The van der Waals surface area contributed by atoms with Crippen LogP contribution in [0, 0.1) is 0 Å². The summed E-state index contributed by atoms with van der Waals surface area (Å²) in [5, 5.41) is -0.402. The number of para-hydroxylation sites is 1. The summed E-state index contributed by atoms with van der Waals surface area (Å²) in [6, 6.07) is 17.8. The Labute approximate surface area is 180 Å². The number of alkyl halides is 1. The maximum Gasteiger partial charge on any atom is 0.248 e. The van der Waals surface area contributed by atoms with Crippen LogP contribution in [0.1, 0.15) is 31.9 Å². The van der Waals surface area contributed by atoms with Gasteiger partial charge in [0.2, 0.25) is 5.91 Å². The summed E-state index contributed by atoms with van der Waals surface area (Å²) < 4.78 is 6.42. The van der Waals surface area contributed by atoms with Crippen LogP contribution in [-0.2, 0) is 15.8 Å². The molecule has 2 atom stereocenters. The second-order valence-electron chi connectivity index (χ2n) is 9.05. The molecule has 1 amide bonds. The number of halogens is 1. The van der Waals surface area contributed by atoms with Gasteiger partial charge in [0.25, 0.3) is 0 Å². The van der Waals surface area contributed by atoms with Crippen molar-refractivity contribution in [3.05, 3.63) is 71.8 Å². The largest absolute Gasteiger partial charge is 0.412 e. The first-order valence-electron chi connectivity index (χ1n) is 10.0. The highest BCUT2D eigenvalue weighted by atomic mass is 35.5. The van der Waals surface area contributed by atoms with E-state index in [1.807, 2.05) is 66.7 Å². The third kappa shape index (κ3) is 4.66. The molecule has 2 aromatic carbocycles. The van der Waals surface area contributed by atoms with Crippen LogP contribution >= 0.6 is 11.6 Å². The second-order valence-corrected chi connectivity index (χ2v) is 14.3. The van der Waals surface area contributed by atoms with E-state index in [4.69, 9.17) is 16.0 Å². The first-order chi connectivity index (χ1) is 13.6. The van der Waals surface area contributed by atoms with Gasteiger partial charge in [-0.1, -0.05) is 81.5 Å². The van der Waals surface area contributed by atoms with Gasteiger partial charge in [-0.05, 0) is 29.8 Å². The van der Waals surface area contributed by atoms with Gasteiger partial charge in [0, 0.05) is 11.3 Å². The van der Waals surface area contributed by atoms with Crippen LogP contribution in [0.2, 0.25) is 18.1 Å². The van der Waals surface area contributed by atoms with E-state index < -0.39 is 13.7 Å². The molecule has 3 nitrogen and oxygen atoms in total. The minimum atomic E-state index is -1.89. The minimum absolute atomic E-state index is 0.0610. The van der Waals surface area contributed by atoms with E-state index in [0.29, 0.717) is 6.61 Å². The fourth-order valence-corrected chi connectivity index (χ4v) is 4.31. The van der Waals surface area contributed by atoms with Gasteiger partial charge in [-0.2, -0.15) is 0 Å². The zero-order chi connectivity index (χ0) is 21.2. The van der Waals surface area contributed by atoms with Crippen molar-refractivity contribution in [2.24, 2.45) is 0 Å². The second kappa shape index (κ2) is 8.47. The Bertz CT molecular complexity index is 889. The van der Waals surface area contributed by atoms with Crippen LogP contribution < -0.4 is 4.90 Å². The van der Waals surface area contributed by atoms with Gasteiger partial charge in [0.15, 0.2) is 8.32 Å². The molecule has 154 valence electrons. The van der Waals surface area contributed by atoms with Gasteiger partial charge in [0.1, 0.15) is 5.38 Å². The molecule has 1 saturated heterocycles. The lowest BCUT2D eigenvalue weighted by Crippen LogP contribution is -2.62. The van der Waals surface area contributed by atoms with Crippen molar-refractivity contribution >= 4 is 37.6 Å². The Balaban J connectivity index is 1.82. The third-order valence-corrected chi connectivity index (χ3v) is 10.9. The Kier molecular flexibility index (Phi) is 6.37. The lowest BCUT2D eigenvalue weighted by Gasteiger charge is -2.44. The van der Waals surface area contributed by atoms with Crippen LogP contribution in [0.15, 0.2) is 60.7 Å². The van der Waals surface area contributed by atoms with Crippen molar-refractivity contribution in [2.75, 3.05) is 4.90 Å². The number of nitrogens with zero attached hydrogens (tertiary/aromatic N) is 1. The summed E-state index contributed by atoms with van der Waals surface area (Å²) in [6.07, 6.45) is 4.04. The van der Waals surface area contributed by atoms with Gasteiger partial charge >= 0.3 is 0 Å². The standard InChI is InChI=1S/C24H30ClNO2Si/c1-24(2,3)29(4,5)28-17-19-13-9-10-14-20(19)26-21(22(25)23(26)27)16-15-18-11-7-6-8-12-18/h6-16,21-22H,17H2,1-5H3/b16-15+/t21-,22-/m1/s1. The topological polar surface area (TPSA) is 29.5 Å². The maximum atomic E-state index is 12.6. The smallest absolute Gasteiger partial charge is 0.248 e. The molecule has 0 aliphatic carbocycles. The normalized spacial score (nSPS) is 20.2. The van der Waals surface area contributed by atoms with E-state index in [-0.39, 0.29) is 17.0 Å². The number of amides is 1.